The van der Waals surface area contributed by atoms with Gasteiger partial charge in [-0.3, -0.25) is 4.79 Å². The molecule has 0 saturated heterocycles. The summed E-state index contributed by atoms with van der Waals surface area (Å²) in [7, 11) is 0.0634. The van der Waals surface area contributed by atoms with Gasteiger partial charge in [-0.1, -0.05) is 12.8 Å². The van der Waals surface area contributed by atoms with Crippen molar-refractivity contribution < 1.29 is 26.4 Å². The van der Waals surface area contributed by atoms with Gasteiger partial charge in [-0.15, -0.1) is 0 Å². The molecule has 152 valence electrons. The third kappa shape index (κ3) is 5.66. The highest BCUT2D eigenvalue weighted by atomic mass is 32.2. The van der Waals surface area contributed by atoms with Crippen LogP contribution in [0.4, 0.5) is 13.2 Å². The molecule has 1 saturated carbocycles. The SMILES string of the molecule is CN(C)C1(CNS(=O)(=O)c2ccc(C(=O)NCC(F)(F)F)cc2)CCCC1. The third-order valence-electron chi connectivity index (χ3n) is 4.95. The number of nitrogens with one attached hydrogen (secondary N) is 2. The zero-order valence-electron chi connectivity index (χ0n) is 15.3. The highest BCUT2D eigenvalue weighted by Crippen LogP contribution is 2.33. The number of sulfonamides is 1. The fraction of sp³-hybridized carbons (Fsp3) is 0.588. The molecule has 0 aliphatic heterocycles. The van der Waals surface area contributed by atoms with Gasteiger partial charge in [0.05, 0.1) is 4.90 Å². The first-order valence-corrected chi connectivity index (χ1v) is 10.1. The predicted octanol–water partition coefficient (Wildman–Crippen LogP) is 2.13. The van der Waals surface area contributed by atoms with E-state index < -0.39 is 28.7 Å². The maximum absolute atomic E-state index is 12.5. The van der Waals surface area contributed by atoms with Gasteiger partial charge in [-0.25, -0.2) is 13.1 Å². The Labute approximate surface area is 157 Å². The van der Waals surface area contributed by atoms with Crippen molar-refractivity contribution in [3.8, 4) is 0 Å². The molecule has 2 rings (SSSR count). The summed E-state index contributed by atoms with van der Waals surface area (Å²) in [6.07, 6.45) is -0.615. The minimum Gasteiger partial charge on any atom is -0.343 e. The lowest BCUT2D eigenvalue weighted by molar-refractivity contribution is -0.123. The molecule has 0 aromatic heterocycles. The highest BCUT2D eigenvalue weighted by Gasteiger charge is 2.37. The number of rotatable bonds is 7. The van der Waals surface area contributed by atoms with Gasteiger partial charge >= 0.3 is 6.18 Å². The van der Waals surface area contributed by atoms with Crippen LogP contribution >= 0.6 is 0 Å². The highest BCUT2D eigenvalue weighted by molar-refractivity contribution is 7.89. The minimum atomic E-state index is -4.51. The van der Waals surface area contributed by atoms with E-state index in [2.05, 4.69) is 4.72 Å². The number of alkyl halides is 3. The number of amides is 1. The van der Waals surface area contributed by atoms with Crippen molar-refractivity contribution in [2.45, 2.75) is 42.3 Å². The Bertz CT molecular complexity index is 756. The molecular weight excluding hydrogens is 383 g/mol. The van der Waals surface area contributed by atoms with E-state index in [0.29, 0.717) is 0 Å². The number of nitrogens with zero attached hydrogens (tertiary/aromatic N) is 1. The van der Waals surface area contributed by atoms with Crippen LogP contribution in [-0.2, 0) is 10.0 Å². The lowest BCUT2D eigenvalue weighted by atomic mass is 9.97. The lowest BCUT2D eigenvalue weighted by Gasteiger charge is -2.36. The molecule has 1 aromatic rings. The van der Waals surface area contributed by atoms with Gasteiger partial charge in [0.1, 0.15) is 6.54 Å². The van der Waals surface area contributed by atoms with E-state index in [1.165, 1.54) is 24.3 Å². The quantitative estimate of drug-likeness (QED) is 0.726. The summed E-state index contributed by atoms with van der Waals surface area (Å²) in [5.74, 6) is -0.915. The van der Waals surface area contributed by atoms with E-state index in [1.807, 2.05) is 19.0 Å². The van der Waals surface area contributed by atoms with Crippen molar-refractivity contribution in [3.63, 3.8) is 0 Å². The second kappa shape index (κ2) is 8.15. The van der Waals surface area contributed by atoms with Gasteiger partial charge in [0.15, 0.2) is 0 Å². The van der Waals surface area contributed by atoms with Crippen molar-refractivity contribution >= 4 is 15.9 Å². The van der Waals surface area contributed by atoms with Crippen LogP contribution < -0.4 is 10.0 Å². The van der Waals surface area contributed by atoms with E-state index in [0.717, 1.165) is 25.7 Å². The third-order valence-corrected chi connectivity index (χ3v) is 6.37. The Morgan fingerprint density at radius 2 is 1.70 bits per heavy atom. The van der Waals surface area contributed by atoms with Crippen LogP contribution in [0.15, 0.2) is 29.2 Å². The summed E-state index contributed by atoms with van der Waals surface area (Å²) in [6.45, 7) is -1.17. The van der Waals surface area contributed by atoms with Crippen LogP contribution in [0.3, 0.4) is 0 Å². The molecule has 6 nitrogen and oxygen atoms in total. The molecule has 0 radical (unpaired) electrons. The van der Waals surface area contributed by atoms with Crippen molar-refractivity contribution in [2.75, 3.05) is 27.2 Å². The molecule has 27 heavy (non-hydrogen) atoms. The fourth-order valence-electron chi connectivity index (χ4n) is 3.20. The van der Waals surface area contributed by atoms with E-state index in [1.54, 1.807) is 5.32 Å². The molecule has 1 aromatic carbocycles. The van der Waals surface area contributed by atoms with Gasteiger partial charge in [-0.05, 0) is 51.2 Å². The van der Waals surface area contributed by atoms with Crippen LogP contribution in [0.1, 0.15) is 36.0 Å². The number of halogens is 3. The largest absolute Gasteiger partial charge is 0.405 e. The van der Waals surface area contributed by atoms with Gasteiger partial charge in [0, 0.05) is 17.6 Å². The van der Waals surface area contributed by atoms with Crippen LogP contribution in [0, 0.1) is 0 Å². The van der Waals surface area contributed by atoms with Crippen LogP contribution in [0.5, 0.6) is 0 Å². The molecule has 2 N–H and O–H groups in total. The maximum Gasteiger partial charge on any atom is 0.405 e. The van der Waals surface area contributed by atoms with Crippen LogP contribution in [0.2, 0.25) is 0 Å². The molecule has 0 spiro atoms. The van der Waals surface area contributed by atoms with E-state index in [4.69, 9.17) is 0 Å². The number of hydrogen-bond donors (Lipinski definition) is 2. The van der Waals surface area contributed by atoms with Crippen molar-refractivity contribution in [1.29, 1.82) is 0 Å². The summed E-state index contributed by atoms with van der Waals surface area (Å²) >= 11 is 0. The molecule has 0 unspecified atom stereocenters. The van der Waals surface area contributed by atoms with Crippen molar-refractivity contribution in [1.82, 2.24) is 14.9 Å². The summed E-state index contributed by atoms with van der Waals surface area (Å²) < 4.78 is 64.1. The molecule has 1 aliphatic rings. The molecule has 0 bridgehead atoms. The Hall–Kier alpha value is -1.65. The number of hydrogen-bond acceptors (Lipinski definition) is 4. The van der Waals surface area contributed by atoms with Gasteiger partial charge in [-0.2, -0.15) is 13.2 Å². The smallest absolute Gasteiger partial charge is 0.343 e. The number of likely N-dealkylation sites (N-methyl/N-ethyl adjacent to an activating group) is 1. The normalized spacial score (nSPS) is 17.3. The standard InChI is InChI=1S/C17H24F3N3O3S/c1-23(2)16(9-3-4-10-16)11-22-27(25,26)14-7-5-13(6-8-14)15(24)21-12-17(18,19)20/h5-8,22H,3-4,9-12H2,1-2H3,(H,21,24). The predicted molar refractivity (Wildman–Crippen MR) is 94.9 cm³/mol. The number of benzene rings is 1. The number of carbonyl (C=O) groups excluding carboxylic acids is 1. The molecule has 0 atom stereocenters. The zero-order valence-corrected chi connectivity index (χ0v) is 16.1. The first-order chi connectivity index (χ1) is 12.5. The molecule has 1 aliphatic carbocycles. The second-order valence-electron chi connectivity index (χ2n) is 6.97. The van der Waals surface area contributed by atoms with E-state index >= 15 is 0 Å². The molecular formula is C17H24F3N3O3S. The first-order valence-electron chi connectivity index (χ1n) is 8.57. The summed E-state index contributed by atoms with van der Waals surface area (Å²) in [5.41, 5.74) is -0.261. The van der Waals surface area contributed by atoms with Gasteiger partial charge in [0.2, 0.25) is 10.0 Å². The minimum absolute atomic E-state index is 0.0400. The van der Waals surface area contributed by atoms with Crippen molar-refractivity contribution in [3.05, 3.63) is 29.8 Å². The molecule has 0 heterocycles. The zero-order chi connectivity index (χ0) is 20.3. The molecule has 10 heteroatoms. The van der Waals surface area contributed by atoms with E-state index in [-0.39, 0.29) is 22.5 Å². The van der Waals surface area contributed by atoms with Crippen molar-refractivity contribution in [2.24, 2.45) is 0 Å². The van der Waals surface area contributed by atoms with Gasteiger partial charge in [0.25, 0.3) is 5.91 Å². The van der Waals surface area contributed by atoms with Gasteiger partial charge < -0.3 is 10.2 Å². The fourth-order valence-corrected chi connectivity index (χ4v) is 4.32. The van der Waals surface area contributed by atoms with Crippen LogP contribution in [0.25, 0.3) is 0 Å². The molecule has 1 amide bonds. The Morgan fingerprint density at radius 3 is 2.19 bits per heavy atom. The summed E-state index contributed by atoms with van der Waals surface area (Å²) in [4.78, 5) is 13.7. The average Bonchev–Trinajstić information content (AvgIpc) is 3.08. The Kier molecular flexibility index (Phi) is 6.54. The maximum atomic E-state index is 12.5. The van der Waals surface area contributed by atoms with Crippen LogP contribution in [-0.4, -0.2) is 58.1 Å². The second-order valence-corrected chi connectivity index (χ2v) is 8.74. The first kappa shape index (κ1) is 21.6. The van der Waals surface area contributed by atoms with E-state index in [9.17, 15) is 26.4 Å². The summed E-state index contributed by atoms with van der Waals surface area (Å²) in [6, 6.07) is 4.80. The lowest BCUT2D eigenvalue weighted by Crippen LogP contribution is -2.50. The Morgan fingerprint density at radius 1 is 1.15 bits per heavy atom. The Balaban J connectivity index is 2.03. The average molecular weight is 407 g/mol. The summed E-state index contributed by atoms with van der Waals surface area (Å²) in [5, 5.41) is 1.74. The molecule has 1 fully saturated rings. The monoisotopic (exact) mass is 407 g/mol. The topological polar surface area (TPSA) is 78.5 Å². The number of carbonyl (C=O) groups is 1.